The number of hydrogen-bond donors (Lipinski definition) is 3. The first-order valence-corrected chi connectivity index (χ1v) is 5.37. The molecule has 0 unspecified atom stereocenters. The number of benzene rings is 1. The highest BCUT2D eigenvalue weighted by Gasteiger charge is 2.19. The van der Waals surface area contributed by atoms with Crippen molar-refractivity contribution in [3.8, 4) is 22.6 Å². The molecule has 0 amide bonds. The van der Waals surface area contributed by atoms with Crippen molar-refractivity contribution in [3.63, 3.8) is 0 Å². The average molecular weight is 263 g/mol. The minimum Gasteiger partial charge on any atom is -0.507 e. The molecule has 1 aromatic carbocycles. The summed E-state index contributed by atoms with van der Waals surface area (Å²) < 4.78 is 5.98. The number of nitrogens with two attached hydrogens (primary N) is 1. The van der Waals surface area contributed by atoms with Crippen molar-refractivity contribution in [2.45, 2.75) is 0 Å². The number of nitrogen functional groups attached to an aromatic ring is 1. The Kier molecular flexibility index (Phi) is 3.04. The van der Waals surface area contributed by atoms with E-state index in [1.165, 1.54) is 24.1 Å². The largest absolute Gasteiger partial charge is 0.507 e. The molecule has 4 N–H and O–H groups in total. The minimum atomic E-state index is -0.707. The number of ether oxygens (including phenoxy) is 1. The van der Waals surface area contributed by atoms with Crippen molar-refractivity contribution in [1.82, 2.24) is 9.78 Å². The fourth-order valence-electron chi connectivity index (χ4n) is 1.72. The number of nitrogens with zero attached hydrogens (tertiary/aromatic N) is 2. The zero-order chi connectivity index (χ0) is 14.2. The van der Waals surface area contributed by atoms with E-state index in [1.807, 2.05) is 0 Å². The Morgan fingerprint density at radius 3 is 2.53 bits per heavy atom. The summed E-state index contributed by atoms with van der Waals surface area (Å²) in [6.07, 6.45) is 1.46. The molecule has 2 aromatic rings. The Hall–Kier alpha value is -2.70. The SMILES string of the molecule is COC(=O)c1cc(-c2cnn(C)c2N)c(O)cc1O. The van der Waals surface area contributed by atoms with Crippen molar-refractivity contribution in [2.75, 3.05) is 12.8 Å². The van der Waals surface area contributed by atoms with Crippen molar-refractivity contribution < 1.29 is 19.7 Å². The number of esters is 1. The maximum Gasteiger partial charge on any atom is 0.341 e. The van der Waals surface area contributed by atoms with Crippen LogP contribution in [0.2, 0.25) is 0 Å². The van der Waals surface area contributed by atoms with Crippen LogP contribution >= 0.6 is 0 Å². The van der Waals surface area contributed by atoms with Crippen LogP contribution in [0.25, 0.3) is 11.1 Å². The van der Waals surface area contributed by atoms with E-state index in [9.17, 15) is 15.0 Å². The van der Waals surface area contributed by atoms with Crippen LogP contribution < -0.4 is 5.73 Å². The third kappa shape index (κ3) is 2.05. The topological polar surface area (TPSA) is 111 Å². The number of phenols is 2. The van der Waals surface area contributed by atoms with E-state index in [4.69, 9.17) is 5.73 Å². The standard InChI is InChI=1S/C12H13N3O4/c1-15-11(13)8(5-14-15)6-3-7(12(18)19-2)10(17)4-9(6)16/h3-5,16-17H,13H2,1-2H3. The zero-order valence-corrected chi connectivity index (χ0v) is 10.4. The molecule has 0 atom stereocenters. The van der Waals surface area contributed by atoms with Gasteiger partial charge in [-0.3, -0.25) is 4.68 Å². The number of methoxy groups -OCH3 is 1. The highest BCUT2D eigenvalue weighted by Crippen LogP contribution is 2.37. The zero-order valence-electron chi connectivity index (χ0n) is 10.4. The number of aryl methyl sites for hydroxylation is 1. The molecule has 0 saturated carbocycles. The predicted octanol–water partition coefficient (Wildman–Crippen LogP) is 0.867. The maximum atomic E-state index is 11.5. The van der Waals surface area contributed by atoms with Gasteiger partial charge in [-0.05, 0) is 6.07 Å². The Morgan fingerprint density at radius 1 is 1.32 bits per heavy atom. The Bertz CT molecular complexity index is 649. The van der Waals surface area contributed by atoms with Crippen LogP contribution in [0, 0.1) is 0 Å². The van der Waals surface area contributed by atoms with Crippen molar-refractivity contribution in [2.24, 2.45) is 7.05 Å². The van der Waals surface area contributed by atoms with Gasteiger partial charge >= 0.3 is 5.97 Å². The van der Waals surface area contributed by atoms with Crippen LogP contribution in [0.1, 0.15) is 10.4 Å². The number of aromatic hydroxyl groups is 2. The van der Waals surface area contributed by atoms with Crippen LogP contribution in [0.15, 0.2) is 18.3 Å². The minimum absolute atomic E-state index is 0.0569. The monoisotopic (exact) mass is 263 g/mol. The molecule has 0 radical (unpaired) electrons. The number of aromatic nitrogens is 2. The van der Waals surface area contributed by atoms with Gasteiger partial charge in [0.15, 0.2) is 0 Å². The Labute approximate surface area is 108 Å². The van der Waals surface area contributed by atoms with Crippen LogP contribution in [-0.4, -0.2) is 33.1 Å². The summed E-state index contributed by atoms with van der Waals surface area (Å²) in [6, 6.07) is 2.37. The number of carbonyl (C=O) groups is 1. The van der Waals surface area contributed by atoms with Crippen LogP contribution in [0.5, 0.6) is 11.5 Å². The molecule has 0 fully saturated rings. The number of carbonyl (C=O) groups excluding carboxylic acids is 1. The second kappa shape index (κ2) is 4.52. The van der Waals surface area contributed by atoms with E-state index in [0.717, 1.165) is 6.07 Å². The molecule has 19 heavy (non-hydrogen) atoms. The molecule has 0 aliphatic carbocycles. The lowest BCUT2D eigenvalue weighted by molar-refractivity contribution is 0.0597. The number of anilines is 1. The molecule has 7 nitrogen and oxygen atoms in total. The third-order valence-corrected chi connectivity index (χ3v) is 2.79. The number of phenolic OH excluding ortho intramolecular Hbond substituents is 2. The fourth-order valence-corrected chi connectivity index (χ4v) is 1.72. The van der Waals surface area contributed by atoms with Crippen molar-refractivity contribution in [1.29, 1.82) is 0 Å². The molecular formula is C12H13N3O4. The Balaban J connectivity index is 2.64. The lowest BCUT2D eigenvalue weighted by Crippen LogP contribution is -2.02. The van der Waals surface area contributed by atoms with Gasteiger partial charge in [0.2, 0.25) is 0 Å². The molecule has 0 saturated heterocycles. The van der Waals surface area contributed by atoms with Gasteiger partial charge in [-0.2, -0.15) is 5.10 Å². The summed E-state index contributed by atoms with van der Waals surface area (Å²) in [5.74, 6) is -0.946. The first-order valence-electron chi connectivity index (χ1n) is 5.37. The molecule has 1 heterocycles. The van der Waals surface area contributed by atoms with Crippen molar-refractivity contribution in [3.05, 3.63) is 23.9 Å². The van der Waals surface area contributed by atoms with E-state index in [0.29, 0.717) is 16.9 Å². The Morgan fingerprint density at radius 2 is 2.00 bits per heavy atom. The second-order valence-corrected chi connectivity index (χ2v) is 3.95. The molecule has 7 heteroatoms. The van der Waals surface area contributed by atoms with Gasteiger partial charge in [0.1, 0.15) is 22.9 Å². The predicted molar refractivity (Wildman–Crippen MR) is 67.7 cm³/mol. The van der Waals surface area contributed by atoms with Crippen LogP contribution in [0.4, 0.5) is 5.82 Å². The van der Waals surface area contributed by atoms with Crippen LogP contribution in [-0.2, 0) is 11.8 Å². The molecule has 0 bridgehead atoms. The lowest BCUT2D eigenvalue weighted by atomic mass is 10.0. The second-order valence-electron chi connectivity index (χ2n) is 3.95. The summed E-state index contributed by atoms with van der Waals surface area (Å²) >= 11 is 0. The summed E-state index contributed by atoms with van der Waals surface area (Å²) in [7, 11) is 2.85. The highest BCUT2D eigenvalue weighted by molar-refractivity contribution is 5.95. The molecule has 0 spiro atoms. The van der Waals surface area contributed by atoms with E-state index < -0.39 is 5.97 Å². The van der Waals surface area contributed by atoms with Gasteiger partial charge in [-0.1, -0.05) is 0 Å². The number of rotatable bonds is 2. The summed E-state index contributed by atoms with van der Waals surface area (Å²) in [5, 5.41) is 23.4. The summed E-state index contributed by atoms with van der Waals surface area (Å²) in [4.78, 5) is 11.5. The maximum absolute atomic E-state index is 11.5. The van der Waals surface area contributed by atoms with Gasteiger partial charge in [-0.25, -0.2) is 4.79 Å². The molecule has 0 aliphatic rings. The van der Waals surface area contributed by atoms with E-state index >= 15 is 0 Å². The van der Waals surface area contributed by atoms with E-state index in [-0.39, 0.29) is 17.1 Å². The van der Waals surface area contributed by atoms with Gasteiger partial charge in [0.05, 0.1) is 13.3 Å². The van der Waals surface area contributed by atoms with Gasteiger partial charge < -0.3 is 20.7 Å². The molecule has 2 rings (SSSR count). The first-order chi connectivity index (χ1) is 8.95. The smallest absolute Gasteiger partial charge is 0.341 e. The van der Waals surface area contributed by atoms with Gasteiger partial charge in [-0.15, -0.1) is 0 Å². The number of hydrogen-bond acceptors (Lipinski definition) is 6. The molecule has 0 aliphatic heterocycles. The van der Waals surface area contributed by atoms with Gasteiger partial charge in [0, 0.05) is 24.2 Å². The quantitative estimate of drug-likeness (QED) is 0.693. The summed E-state index contributed by atoms with van der Waals surface area (Å²) in [5.41, 5.74) is 6.51. The average Bonchev–Trinajstić information content (AvgIpc) is 2.70. The van der Waals surface area contributed by atoms with Gasteiger partial charge in [0.25, 0.3) is 0 Å². The molecule has 1 aromatic heterocycles. The molecular weight excluding hydrogens is 250 g/mol. The lowest BCUT2D eigenvalue weighted by Gasteiger charge is -2.08. The fraction of sp³-hybridized carbons (Fsp3) is 0.167. The van der Waals surface area contributed by atoms with Crippen molar-refractivity contribution >= 4 is 11.8 Å². The first kappa shape index (κ1) is 12.7. The van der Waals surface area contributed by atoms with Crippen LogP contribution in [0.3, 0.4) is 0 Å². The van der Waals surface area contributed by atoms with E-state index in [1.54, 1.807) is 7.05 Å². The van der Waals surface area contributed by atoms with E-state index in [2.05, 4.69) is 9.84 Å². The highest BCUT2D eigenvalue weighted by atomic mass is 16.5. The summed E-state index contributed by atoms with van der Waals surface area (Å²) in [6.45, 7) is 0. The molecule has 100 valence electrons. The normalized spacial score (nSPS) is 10.4. The third-order valence-electron chi connectivity index (χ3n) is 2.79.